The highest BCUT2D eigenvalue weighted by Crippen LogP contribution is 2.28. The van der Waals surface area contributed by atoms with Crippen molar-refractivity contribution in [2.24, 2.45) is 5.92 Å². The lowest BCUT2D eigenvalue weighted by molar-refractivity contribution is 0.0876. The summed E-state index contributed by atoms with van der Waals surface area (Å²) in [7, 11) is 0. The Labute approximate surface area is 149 Å². The van der Waals surface area contributed by atoms with Crippen LogP contribution in [0, 0.1) is 5.92 Å². The highest BCUT2D eigenvalue weighted by Gasteiger charge is 2.27. The Kier molecular flexibility index (Phi) is 5.99. The molecule has 2 aromatic carbocycles. The molecule has 130 valence electrons. The standard InChI is InChI=1S/C22H25NO2/c24-21(18-12-6-2-7-13-18)16-20(17-10-4-1-5-11-17)23-22(25)19-14-8-3-9-15-19/h2-3,6-9,12-15,17,20H,1,4-5,10-11,16H2,(H,23,25). The Hall–Kier alpha value is -2.42. The number of carbonyl (C=O) groups excluding carboxylic acids is 2. The molecule has 1 unspecified atom stereocenters. The Morgan fingerprint density at radius 2 is 1.40 bits per heavy atom. The average Bonchev–Trinajstić information content (AvgIpc) is 2.69. The minimum atomic E-state index is -0.0966. The number of carbonyl (C=O) groups is 2. The van der Waals surface area contributed by atoms with Crippen LogP contribution in [0.2, 0.25) is 0 Å². The van der Waals surface area contributed by atoms with Gasteiger partial charge >= 0.3 is 0 Å². The van der Waals surface area contributed by atoms with Crippen molar-refractivity contribution in [1.29, 1.82) is 0 Å². The summed E-state index contributed by atoms with van der Waals surface area (Å²) < 4.78 is 0. The first-order chi connectivity index (χ1) is 12.2. The summed E-state index contributed by atoms with van der Waals surface area (Å²) in [4.78, 5) is 25.3. The van der Waals surface area contributed by atoms with Crippen LogP contribution in [0.3, 0.4) is 0 Å². The molecule has 1 N–H and O–H groups in total. The van der Waals surface area contributed by atoms with E-state index in [1.165, 1.54) is 19.3 Å². The molecule has 1 aliphatic carbocycles. The maximum Gasteiger partial charge on any atom is 0.251 e. The summed E-state index contributed by atoms with van der Waals surface area (Å²) in [5.74, 6) is 0.399. The molecule has 1 fully saturated rings. The number of hydrogen-bond acceptors (Lipinski definition) is 2. The first-order valence-electron chi connectivity index (χ1n) is 9.18. The molecule has 0 aliphatic heterocycles. The fraction of sp³-hybridized carbons (Fsp3) is 0.364. The molecule has 1 aliphatic rings. The molecule has 0 saturated heterocycles. The van der Waals surface area contributed by atoms with Crippen molar-refractivity contribution < 1.29 is 9.59 Å². The number of ketones is 1. The van der Waals surface area contributed by atoms with Gasteiger partial charge in [0.05, 0.1) is 0 Å². The second-order valence-corrected chi connectivity index (χ2v) is 6.84. The largest absolute Gasteiger partial charge is 0.349 e. The minimum absolute atomic E-state index is 0.0861. The van der Waals surface area contributed by atoms with Crippen LogP contribution in [0.25, 0.3) is 0 Å². The third-order valence-electron chi connectivity index (χ3n) is 5.07. The summed E-state index contributed by atoms with van der Waals surface area (Å²) >= 11 is 0. The van der Waals surface area contributed by atoms with Gasteiger partial charge in [0.1, 0.15) is 0 Å². The molecule has 0 heterocycles. The van der Waals surface area contributed by atoms with Crippen LogP contribution in [-0.2, 0) is 0 Å². The predicted molar refractivity (Wildman–Crippen MR) is 99.7 cm³/mol. The molecule has 1 atom stereocenters. The van der Waals surface area contributed by atoms with E-state index in [4.69, 9.17) is 0 Å². The maximum absolute atomic E-state index is 12.7. The van der Waals surface area contributed by atoms with Crippen LogP contribution in [-0.4, -0.2) is 17.7 Å². The van der Waals surface area contributed by atoms with E-state index in [1.54, 1.807) is 0 Å². The lowest BCUT2D eigenvalue weighted by Crippen LogP contribution is -2.42. The fourth-order valence-electron chi connectivity index (χ4n) is 3.65. The molecular weight excluding hydrogens is 310 g/mol. The van der Waals surface area contributed by atoms with E-state index in [2.05, 4.69) is 5.32 Å². The first kappa shape index (κ1) is 17.4. The molecule has 3 nitrogen and oxygen atoms in total. The average molecular weight is 335 g/mol. The van der Waals surface area contributed by atoms with Crippen LogP contribution >= 0.6 is 0 Å². The van der Waals surface area contributed by atoms with Crippen molar-refractivity contribution in [2.75, 3.05) is 0 Å². The first-order valence-corrected chi connectivity index (χ1v) is 9.18. The molecular formula is C22H25NO2. The molecule has 1 saturated carbocycles. The smallest absolute Gasteiger partial charge is 0.251 e. The molecule has 0 spiro atoms. The molecule has 3 heteroatoms. The van der Waals surface area contributed by atoms with Gasteiger partial charge in [-0.2, -0.15) is 0 Å². The normalized spacial score (nSPS) is 16.2. The molecule has 2 aromatic rings. The Balaban J connectivity index is 1.73. The van der Waals surface area contributed by atoms with Crippen molar-refractivity contribution >= 4 is 11.7 Å². The van der Waals surface area contributed by atoms with Crippen molar-refractivity contribution in [3.63, 3.8) is 0 Å². The summed E-state index contributed by atoms with van der Waals surface area (Å²) in [6.07, 6.45) is 6.16. The summed E-state index contributed by atoms with van der Waals surface area (Å²) in [5, 5.41) is 3.14. The third-order valence-corrected chi connectivity index (χ3v) is 5.07. The van der Waals surface area contributed by atoms with E-state index in [0.29, 0.717) is 17.9 Å². The maximum atomic E-state index is 12.7. The van der Waals surface area contributed by atoms with E-state index >= 15 is 0 Å². The van der Waals surface area contributed by atoms with Gasteiger partial charge in [0, 0.05) is 23.6 Å². The fourth-order valence-corrected chi connectivity index (χ4v) is 3.65. The van der Waals surface area contributed by atoms with Crippen LogP contribution in [0.4, 0.5) is 0 Å². The second-order valence-electron chi connectivity index (χ2n) is 6.84. The van der Waals surface area contributed by atoms with E-state index < -0.39 is 0 Å². The molecule has 0 radical (unpaired) electrons. The van der Waals surface area contributed by atoms with Crippen molar-refractivity contribution in [3.8, 4) is 0 Å². The molecule has 0 aromatic heterocycles. The Morgan fingerprint density at radius 3 is 2.00 bits per heavy atom. The summed E-state index contributed by atoms with van der Waals surface area (Å²) in [6.45, 7) is 0. The van der Waals surface area contributed by atoms with E-state index in [1.807, 2.05) is 60.7 Å². The van der Waals surface area contributed by atoms with Gasteiger partial charge in [-0.3, -0.25) is 9.59 Å². The number of amides is 1. The molecule has 1 amide bonds. The highest BCUT2D eigenvalue weighted by atomic mass is 16.2. The highest BCUT2D eigenvalue weighted by molar-refractivity contribution is 5.98. The molecule has 25 heavy (non-hydrogen) atoms. The van der Waals surface area contributed by atoms with Crippen molar-refractivity contribution in [2.45, 2.75) is 44.6 Å². The van der Waals surface area contributed by atoms with Crippen molar-refractivity contribution in [3.05, 3.63) is 71.8 Å². The Morgan fingerprint density at radius 1 is 0.840 bits per heavy atom. The van der Waals surface area contributed by atoms with Gasteiger partial charge in [0.15, 0.2) is 5.78 Å². The van der Waals surface area contributed by atoms with Crippen LogP contribution < -0.4 is 5.32 Å². The lowest BCUT2D eigenvalue weighted by Gasteiger charge is -2.30. The minimum Gasteiger partial charge on any atom is -0.349 e. The van der Waals surface area contributed by atoms with Gasteiger partial charge in [-0.1, -0.05) is 67.8 Å². The van der Waals surface area contributed by atoms with E-state index in [-0.39, 0.29) is 17.7 Å². The number of nitrogens with one attached hydrogen (secondary N) is 1. The van der Waals surface area contributed by atoms with Crippen LogP contribution in [0.15, 0.2) is 60.7 Å². The van der Waals surface area contributed by atoms with Crippen LogP contribution in [0.1, 0.15) is 59.2 Å². The third kappa shape index (κ3) is 4.79. The zero-order valence-electron chi connectivity index (χ0n) is 14.5. The molecule has 3 rings (SSSR count). The zero-order valence-corrected chi connectivity index (χ0v) is 14.5. The number of benzene rings is 2. The Bertz CT molecular complexity index is 637. The van der Waals surface area contributed by atoms with Gasteiger partial charge in [0.2, 0.25) is 0 Å². The quantitative estimate of drug-likeness (QED) is 0.782. The summed E-state index contributed by atoms with van der Waals surface area (Å²) in [6, 6.07) is 18.5. The van der Waals surface area contributed by atoms with Crippen molar-refractivity contribution in [1.82, 2.24) is 5.32 Å². The monoisotopic (exact) mass is 335 g/mol. The number of rotatable bonds is 6. The van der Waals surface area contributed by atoms with Gasteiger partial charge in [0.25, 0.3) is 5.91 Å². The zero-order chi connectivity index (χ0) is 17.5. The SMILES string of the molecule is O=C(CC(NC(=O)c1ccccc1)C1CCCCC1)c1ccccc1. The van der Waals surface area contributed by atoms with E-state index in [9.17, 15) is 9.59 Å². The van der Waals surface area contributed by atoms with Gasteiger partial charge in [-0.05, 0) is 30.9 Å². The lowest BCUT2D eigenvalue weighted by atomic mass is 9.81. The number of hydrogen-bond donors (Lipinski definition) is 1. The summed E-state index contributed by atoms with van der Waals surface area (Å²) in [5.41, 5.74) is 1.37. The molecule has 0 bridgehead atoms. The van der Waals surface area contributed by atoms with Gasteiger partial charge in [-0.25, -0.2) is 0 Å². The van der Waals surface area contributed by atoms with Crippen LogP contribution in [0.5, 0.6) is 0 Å². The van der Waals surface area contributed by atoms with E-state index in [0.717, 1.165) is 18.4 Å². The second kappa shape index (κ2) is 8.61. The van der Waals surface area contributed by atoms with Gasteiger partial charge < -0.3 is 5.32 Å². The predicted octanol–water partition coefficient (Wildman–Crippen LogP) is 4.64. The topological polar surface area (TPSA) is 46.2 Å². The number of Topliss-reactive ketones (excluding diaryl/α,β-unsaturated/α-hetero) is 1. The van der Waals surface area contributed by atoms with Gasteiger partial charge in [-0.15, -0.1) is 0 Å².